The molecule has 4 nitrogen and oxygen atoms in total. The maximum Gasteiger partial charge on any atom is 0.169 e. The minimum atomic E-state index is -0.368. The molecule has 1 N–H and O–H groups in total. The molecule has 0 aromatic heterocycles. The normalized spacial score (nSPS) is 22.6. The molecule has 1 saturated heterocycles. The van der Waals surface area contributed by atoms with Crippen LogP contribution in [0.5, 0.6) is 0 Å². The molecule has 2 rings (SSSR count). The lowest BCUT2D eigenvalue weighted by Gasteiger charge is -2.29. The van der Waals surface area contributed by atoms with Crippen molar-refractivity contribution in [3.63, 3.8) is 0 Å². The molecular formula is C16H24ClFN2O2. The highest BCUT2D eigenvalue weighted by Crippen LogP contribution is 2.33. The SMILES string of the molecule is CCN1CCC(NCC(OC)OC)C1c1ccc(Cl)c(F)c1. The van der Waals surface area contributed by atoms with Gasteiger partial charge >= 0.3 is 0 Å². The first-order chi connectivity index (χ1) is 10.6. The predicted molar refractivity (Wildman–Crippen MR) is 85.6 cm³/mol. The van der Waals surface area contributed by atoms with Gasteiger partial charge in [-0.3, -0.25) is 4.90 Å². The Bertz CT molecular complexity index is 485. The van der Waals surface area contributed by atoms with E-state index in [2.05, 4.69) is 17.1 Å². The van der Waals surface area contributed by atoms with Crippen LogP contribution in [-0.4, -0.2) is 51.1 Å². The summed E-state index contributed by atoms with van der Waals surface area (Å²) in [5.41, 5.74) is 0.949. The molecule has 1 aromatic carbocycles. The first kappa shape index (κ1) is 17.6. The van der Waals surface area contributed by atoms with Gasteiger partial charge in [0.05, 0.1) is 11.1 Å². The third-order valence-electron chi connectivity index (χ3n) is 4.27. The van der Waals surface area contributed by atoms with Gasteiger partial charge in [-0.25, -0.2) is 4.39 Å². The summed E-state index contributed by atoms with van der Waals surface area (Å²) < 4.78 is 24.2. The summed E-state index contributed by atoms with van der Waals surface area (Å²) in [6, 6.07) is 5.44. The Kier molecular flexibility index (Phi) is 6.59. The summed E-state index contributed by atoms with van der Waals surface area (Å²) in [7, 11) is 3.24. The van der Waals surface area contributed by atoms with Crippen LogP contribution in [0, 0.1) is 5.82 Å². The number of benzene rings is 1. The topological polar surface area (TPSA) is 33.7 Å². The number of nitrogens with zero attached hydrogens (tertiary/aromatic N) is 1. The maximum absolute atomic E-state index is 13.8. The van der Waals surface area contributed by atoms with E-state index >= 15 is 0 Å². The highest BCUT2D eigenvalue weighted by Gasteiger charge is 2.34. The van der Waals surface area contributed by atoms with E-state index in [0.29, 0.717) is 6.54 Å². The smallest absolute Gasteiger partial charge is 0.169 e. The molecule has 1 aliphatic heterocycles. The minimum Gasteiger partial charge on any atom is -0.355 e. The molecule has 1 aromatic rings. The monoisotopic (exact) mass is 330 g/mol. The van der Waals surface area contributed by atoms with Crippen molar-refractivity contribution in [2.24, 2.45) is 0 Å². The van der Waals surface area contributed by atoms with Crippen LogP contribution in [0.3, 0.4) is 0 Å². The molecule has 0 saturated carbocycles. The molecule has 2 unspecified atom stereocenters. The molecule has 1 fully saturated rings. The van der Waals surface area contributed by atoms with Gasteiger partial charge in [0.15, 0.2) is 6.29 Å². The number of methoxy groups -OCH3 is 2. The van der Waals surface area contributed by atoms with Gasteiger partial charge in [-0.1, -0.05) is 24.6 Å². The third kappa shape index (κ3) is 3.97. The first-order valence-electron chi connectivity index (χ1n) is 7.58. The van der Waals surface area contributed by atoms with Gasteiger partial charge in [0.1, 0.15) is 5.82 Å². The van der Waals surface area contributed by atoms with Crippen LogP contribution in [0.25, 0.3) is 0 Å². The van der Waals surface area contributed by atoms with E-state index < -0.39 is 0 Å². The Balaban J connectivity index is 2.13. The highest BCUT2D eigenvalue weighted by atomic mass is 35.5. The summed E-state index contributed by atoms with van der Waals surface area (Å²) in [6.45, 7) is 4.62. The second-order valence-corrected chi connectivity index (χ2v) is 5.86. The summed E-state index contributed by atoms with van der Waals surface area (Å²) in [6.07, 6.45) is 0.724. The van der Waals surface area contributed by atoms with Crippen LogP contribution >= 0.6 is 11.6 Å². The second-order valence-electron chi connectivity index (χ2n) is 5.45. The van der Waals surface area contributed by atoms with Gasteiger partial charge in [-0.2, -0.15) is 0 Å². The maximum atomic E-state index is 13.8. The molecule has 22 heavy (non-hydrogen) atoms. The van der Waals surface area contributed by atoms with Gasteiger partial charge in [0.2, 0.25) is 0 Å². The van der Waals surface area contributed by atoms with Crippen LogP contribution in [0.1, 0.15) is 24.9 Å². The molecule has 0 aliphatic carbocycles. The van der Waals surface area contributed by atoms with Crippen LogP contribution in [0.15, 0.2) is 18.2 Å². The zero-order valence-electron chi connectivity index (χ0n) is 13.3. The Morgan fingerprint density at radius 1 is 1.41 bits per heavy atom. The molecule has 0 spiro atoms. The fourth-order valence-electron chi connectivity index (χ4n) is 3.07. The van der Waals surface area contributed by atoms with Crippen molar-refractivity contribution in [2.45, 2.75) is 31.7 Å². The predicted octanol–water partition coefficient (Wildman–Crippen LogP) is 2.82. The van der Waals surface area contributed by atoms with E-state index in [4.69, 9.17) is 21.1 Å². The fourth-order valence-corrected chi connectivity index (χ4v) is 3.19. The fraction of sp³-hybridized carbons (Fsp3) is 0.625. The van der Waals surface area contributed by atoms with Crippen LogP contribution in [0.4, 0.5) is 4.39 Å². The molecule has 0 radical (unpaired) electrons. The van der Waals surface area contributed by atoms with Crippen molar-refractivity contribution >= 4 is 11.6 Å². The third-order valence-corrected chi connectivity index (χ3v) is 4.57. The van der Waals surface area contributed by atoms with Gasteiger partial charge in [0, 0.05) is 33.4 Å². The first-order valence-corrected chi connectivity index (χ1v) is 7.96. The average molecular weight is 331 g/mol. The van der Waals surface area contributed by atoms with E-state index in [1.807, 2.05) is 6.07 Å². The van der Waals surface area contributed by atoms with Gasteiger partial charge < -0.3 is 14.8 Å². The lowest BCUT2D eigenvalue weighted by atomic mass is 10.00. The number of hydrogen-bond donors (Lipinski definition) is 1. The Morgan fingerprint density at radius 3 is 2.73 bits per heavy atom. The number of nitrogens with one attached hydrogen (secondary N) is 1. The molecule has 1 heterocycles. The van der Waals surface area contributed by atoms with Gasteiger partial charge in [-0.15, -0.1) is 0 Å². The Morgan fingerprint density at radius 2 is 2.14 bits per heavy atom. The summed E-state index contributed by atoms with van der Waals surface area (Å²) in [4.78, 5) is 2.34. The summed E-state index contributed by atoms with van der Waals surface area (Å²) in [5.74, 6) is -0.368. The Hall–Kier alpha value is -0.720. The van der Waals surface area contributed by atoms with Crippen molar-refractivity contribution in [1.29, 1.82) is 0 Å². The standard InChI is InChI=1S/C16H24ClFN2O2/c1-4-20-8-7-14(19-10-15(21-2)22-3)16(20)11-5-6-12(17)13(18)9-11/h5-6,9,14-16,19H,4,7-8,10H2,1-3H3. The summed E-state index contributed by atoms with van der Waals surface area (Å²) in [5, 5.41) is 3.64. The number of likely N-dealkylation sites (tertiary alicyclic amines) is 1. The minimum absolute atomic E-state index is 0.131. The lowest BCUT2D eigenvalue weighted by Crippen LogP contribution is -2.40. The average Bonchev–Trinajstić information content (AvgIpc) is 2.94. The quantitative estimate of drug-likeness (QED) is 0.780. The van der Waals surface area contributed by atoms with E-state index in [9.17, 15) is 4.39 Å². The van der Waals surface area contributed by atoms with Crippen molar-refractivity contribution < 1.29 is 13.9 Å². The second kappa shape index (κ2) is 8.22. The summed E-state index contributed by atoms with van der Waals surface area (Å²) >= 11 is 5.80. The molecule has 0 bridgehead atoms. The van der Waals surface area contributed by atoms with Crippen molar-refractivity contribution in [3.05, 3.63) is 34.6 Å². The molecule has 6 heteroatoms. The van der Waals surface area contributed by atoms with Crippen molar-refractivity contribution in [3.8, 4) is 0 Å². The molecule has 0 amide bonds. The van der Waals surface area contributed by atoms with Gasteiger partial charge in [0.25, 0.3) is 0 Å². The Labute approximate surface area is 136 Å². The van der Waals surface area contributed by atoms with E-state index in [1.54, 1.807) is 26.4 Å². The molecule has 2 atom stereocenters. The van der Waals surface area contributed by atoms with Crippen molar-refractivity contribution in [2.75, 3.05) is 33.9 Å². The van der Waals surface area contributed by atoms with Crippen LogP contribution < -0.4 is 5.32 Å². The highest BCUT2D eigenvalue weighted by molar-refractivity contribution is 6.30. The van der Waals surface area contributed by atoms with E-state index in [1.165, 1.54) is 0 Å². The van der Waals surface area contributed by atoms with E-state index in [0.717, 1.165) is 25.1 Å². The number of rotatable bonds is 7. The van der Waals surface area contributed by atoms with Crippen LogP contribution in [-0.2, 0) is 9.47 Å². The zero-order valence-corrected chi connectivity index (χ0v) is 14.1. The lowest BCUT2D eigenvalue weighted by molar-refractivity contribution is -0.100. The molecule has 124 valence electrons. The van der Waals surface area contributed by atoms with Crippen molar-refractivity contribution in [1.82, 2.24) is 10.2 Å². The number of ether oxygens (including phenoxy) is 2. The largest absolute Gasteiger partial charge is 0.355 e. The molecular weight excluding hydrogens is 307 g/mol. The number of hydrogen-bond acceptors (Lipinski definition) is 4. The van der Waals surface area contributed by atoms with Gasteiger partial charge in [-0.05, 0) is 30.7 Å². The number of likely N-dealkylation sites (N-methyl/N-ethyl adjacent to an activating group) is 1. The van der Waals surface area contributed by atoms with E-state index in [-0.39, 0.29) is 29.2 Å². The number of halogens is 2. The van der Waals surface area contributed by atoms with Crippen LogP contribution in [0.2, 0.25) is 5.02 Å². The molecule has 1 aliphatic rings. The zero-order chi connectivity index (χ0) is 16.1.